The van der Waals surface area contributed by atoms with Gasteiger partial charge in [0.2, 0.25) is 5.91 Å². The largest absolute Gasteiger partial charge is 0.352 e. The fourth-order valence-electron chi connectivity index (χ4n) is 2.38. The summed E-state index contributed by atoms with van der Waals surface area (Å²) < 4.78 is 0. The molecule has 2 N–H and O–H groups in total. The van der Waals surface area contributed by atoms with E-state index in [1.807, 2.05) is 6.92 Å². The summed E-state index contributed by atoms with van der Waals surface area (Å²) in [5.74, 6) is 0.0306. The number of rotatable bonds is 4. The number of nitrogens with one attached hydrogen (secondary N) is 2. The van der Waals surface area contributed by atoms with Crippen molar-refractivity contribution in [1.29, 1.82) is 0 Å². The predicted octanol–water partition coefficient (Wildman–Crippen LogP) is 2.02. The molecule has 0 spiro atoms. The molecule has 0 radical (unpaired) electrons. The van der Waals surface area contributed by atoms with Crippen molar-refractivity contribution in [3.63, 3.8) is 0 Å². The van der Waals surface area contributed by atoms with Crippen molar-refractivity contribution < 1.29 is 9.72 Å². The minimum absolute atomic E-state index is 0. The number of halogens is 1. The number of hydrogen-bond donors (Lipinski definition) is 2. The van der Waals surface area contributed by atoms with Gasteiger partial charge in [0, 0.05) is 25.2 Å². The van der Waals surface area contributed by atoms with E-state index in [0.717, 1.165) is 24.9 Å². The van der Waals surface area contributed by atoms with Crippen LogP contribution in [0.4, 0.5) is 5.69 Å². The quantitative estimate of drug-likeness (QED) is 0.658. The van der Waals surface area contributed by atoms with Crippen LogP contribution in [0.15, 0.2) is 24.3 Å². The molecule has 0 saturated carbocycles. The summed E-state index contributed by atoms with van der Waals surface area (Å²) in [5.41, 5.74) is 0.554. The zero-order chi connectivity index (χ0) is 14.6. The lowest BCUT2D eigenvalue weighted by molar-refractivity contribution is -0.384. The maximum Gasteiger partial charge on any atom is 0.269 e. The average molecular weight is 314 g/mol. The van der Waals surface area contributed by atoms with Crippen LogP contribution in [-0.2, 0) is 11.3 Å². The number of nitro benzene ring substituents is 1. The summed E-state index contributed by atoms with van der Waals surface area (Å²) in [5, 5.41) is 16.7. The van der Waals surface area contributed by atoms with Gasteiger partial charge >= 0.3 is 0 Å². The molecule has 1 aromatic carbocycles. The van der Waals surface area contributed by atoms with Crippen LogP contribution in [-0.4, -0.2) is 23.9 Å². The molecular formula is C14H20ClN3O3. The third-order valence-electron chi connectivity index (χ3n) is 3.75. The highest BCUT2D eigenvalue weighted by Gasteiger charge is 2.34. The average Bonchev–Trinajstić information content (AvgIpc) is 2.46. The molecule has 1 aromatic rings. The van der Waals surface area contributed by atoms with Gasteiger partial charge in [0.1, 0.15) is 0 Å². The van der Waals surface area contributed by atoms with Crippen LogP contribution in [0.5, 0.6) is 0 Å². The second-order valence-corrected chi connectivity index (χ2v) is 5.45. The molecule has 1 aliphatic rings. The van der Waals surface area contributed by atoms with Crippen LogP contribution in [0.3, 0.4) is 0 Å². The summed E-state index contributed by atoms with van der Waals surface area (Å²) in [6.45, 7) is 4.01. The molecule has 116 valence electrons. The van der Waals surface area contributed by atoms with E-state index in [1.54, 1.807) is 12.1 Å². The van der Waals surface area contributed by atoms with Crippen molar-refractivity contribution in [3.8, 4) is 0 Å². The first-order valence-corrected chi connectivity index (χ1v) is 6.74. The number of hydrogen-bond acceptors (Lipinski definition) is 4. The van der Waals surface area contributed by atoms with Crippen LogP contribution in [0.2, 0.25) is 0 Å². The zero-order valence-corrected chi connectivity index (χ0v) is 12.7. The highest BCUT2D eigenvalue weighted by molar-refractivity contribution is 5.85. The molecule has 1 aliphatic heterocycles. The number of nitrogens with zero attached hydrogens (tertiary/aromatic N) is 1. The summed E-state index contributed by atoms with van der Waals surface area (Å²) in [6.07, 6.45) is 1.88. The van der Waals surface area contributed by atoms with Crippen molar-refractivity contribution in [1.82, 2.24) is 10.6 Å². The Balaban J connectivity index is 0.00000220. The fraction of sp³-hybridized carbons (Fsp3) is 0.500. The SMILES string of the molecule is CC1(C(=O)NCc2ccc([N+](=O)[O-])cc2)CCCNC1.Cl. The van der Waals surface area contributed by atoms with Gasteiger partial charge in [0.25, 0.3) is 5.69 Å². The standard InChI is InChI=1S/C14H19N3O3.ClH/c1-14(7-2-8-15-10-14)13(18)16-9-11-3-5-12(6-4-11)17(19)20;/h3-6,15H,2,7-10H2,1H3,(H,16,18);1H. The van der Waals surface area contributed by atoms with Crippen LogP contribution < -0.4 is 10.6 Å². The van der Waals surface area contributed by atoms with E-state index in [2.05, 4.69) is 10.6 Å². The highest BCUT2D eigenvalue weighted by Crippen LogP contribution is 2.25. The van der Waals surface area contributed by atoms with Crippen molar-refractivity contribution >= 4 is 24.0 Å². The third kappa shape index (κ3) is 4.41. The van der Waals surface area contributed by atoms with Crippen molar-refractivity contribution in [2.75, 3.05) is 13.1 Å². The van der Waals surface area contributed by atoms with Gasteiger partial charge in [-0.1, -0.05) is 12.1 Å². The Morgan fingerprint density at radius 3 is 2.62 bits per heavy atom. The van der Waals surface area contributed by atoms with E-state index >= 15 is 0 Å². The van der Waals surface area contributed by atoms with Gasteiger partial charge in [-0.2, -0.15) is 0 Å². The predicted molar refractivity (Wildman–Crippen MR) is 82.4 cm³/mol. The molecule has 0 bridgehead atoms. The Morgan fingerprint density at radius 2 is 2.10 bits per heavy atom. The Kier molecular flexibility index (Phi) is 6.11. The monoisotopic (exact) mass is 313 g/mol. The Bertz CT molecular complexity index is 499. The highest BCUT2D eigenvalue weighted by atomic mass is 35.5. The van der Waals surface area contributed by atoms with Crippen LogP contribution in [0.25, 0.3) is 0 Å². The molecule has 1 atom stereocenters. The minimum Gasteiger partial charge on any atom is -0.352 e. The fourth-order valence-corrected chi connectivity index (χ4v) is 2.38. The Labute approximate surface area is 129 Å². The number of amides is 1. The molecule has 7 heteroatoms. The van der Waals surface area contributed by atoms with Gasteiger partial charge in [0.15, 0.2) is 0 Å². The molecule has 1 unspecified atom stereocenters. The topological polar surface area (TPSA) is 84.3 Å². The van der Waals surface area contributed by atoms with E-state index in [9.17, 15) is 14.9 Å². The van der Waals surface area contributed by atoms with E-state index in [0.29, 0.717) is 13.1 Å². The molecular weight excluding hydrogens is 294 g/mol. The van der Waals surface area contributed by atoms with Gasteiger partial charge in [0.05, 0.1) is 10.3 Å². The van der Waals surface area contributed by atoms with Gasteiger partial charge < -0.3 is 10.6 Å². The lowest BCUT2D eigenvalue weighted by atomic mass is 9.82. The molecule has 1 amide bonds. The van der Waals surface area contributed by atoms with Crippen LogP contribution >= 0.6 is 12.4 Å². The van der Waals surface area contributed by atoms with Crippen molar-refractivity contribution in [3.05, 3.63) is 39.9 Å². The Hall–Kier alpha value is -1.66. The zero-order valence-electron chi connectivity index (χ0n) is 11.9. The second-order valence-electron chi connectivity index (χ2n) is 5.45. The summed E-state index contributed by atoms with van der Waals surface area (Å²) in [6, 6.07) is 6.23. The number of benzene rings is 1. The maximum absolute atomic E-state index is 12.2. The van der Waals surface area contributed by atoms with E-state index in [1.165, 1.54) is 12.1 Å². The van der Waals surface area contributed by atoms with E-state index in [-0.39, 0.29) is 29.4 Å². The first-order chi connectivity index (χ1) is 9.51. The molecule has 0 aliphatic carbocycles. The van der Waals surface area contributed by atoms with Crippen molar-refractivity contribution in [2.45, 2.75) is 26.3 Å². The number of non-ortho nitro benzene ring substituents is 1. The normalized spacial score (nSPS) is 21.2. The lowest BCUT2D eigenvalue weighted by Gasteiger charge is -2.32. The first kappa shape index (κ1) is 17.4. The first-order valence-electron chi connectivity index (χ1n) is 6.74. The molecule has 1 heterocycles. The second kappa shape index (κ2) is 7.38. The van der Waals surface area contributed by atoms with E-state index in [4.69, 9.17) is 0 Å². The van der Waals surface area contributed by atoms with E-state index < -0.39 is 4.92 Å². The molecule has 21 heavy (non-hydrogen) atoms. The van der Waals surface area contributed by atoms with Crippen molar-refractivity contribution in [2.24, 2.45) is 5.41 Å². The number of nitro groups is 1. The van der Waals surface area contributed by atoms with Gasteiger partial charge in [-0.05, 0) is 31.9 Å². The van der Waals surface area contributed by atoms with Gasteiger partial charge in [-0.3, -0.25) is 14.9 Å². The lowest BCUT2D eigenvalue weighted by Crippen LogP contribution is -2.48. The molecule has 0 aromatic heterocycles. The number of carbonyl (C=O) groups is 1. The third-order valence-corrected chi connectivity index (χ3v) is 3.75. The minimum atomic E-state index is -0.433. The van der Waals surface area contributed by atoms with Crippen LogP contribution in [0.1, 0.15) is 25.3 Å². The smallest absolute Gasteiger partial charge is 0.269 e. The number of carbonyl (C=O) groups excluding carboxylic acids is 1. The van der Waals surface area contributed by atoms with Gasteiger partial charge in [-0.15, -0.1) is 12.4 Å². The summed E-state index contributed by atoms with van der Waals surface area (Å²) >= 11 is 0. The number of piperidine rings is 1. The Morgan fingerprint density at radius 1 is 1.43 bits per heavy atom. The molecule has 1 saturated heterocycles. The van der Waals surface area contributed by atoms with Crippen LogP contribution in [0, 0.1) is 15.5 Å². The molecule has 2 rings (SSSR count). The summed E-state index contributed by atoms with van der Waals surface area (Å²) in [7, 11) is 0. The van der Waals surface area contributed by atoms with Gasteiger partial charge in [-0.25, -0.2) is 0 Å². The molecule has 1 fully saturated rings. The molecule has 6 nitrogen and oxygen atoms in total. The summed E-state index contributed by atoms with van der Waals surface area (Å²) in [4.78, 5) is 22.3. The maximum atomic E-state index is 12.2.